The number of benzene rings is 1. The molecule has 0 atom stereocenters. The third kappa shape index (κ3) is 5.50. The molecule has 32 heavy (non-hydrogen) atoms. The highest BCUT2D eigenvalue weighted by molar-refractivity contribution is 6.40. The van der Waals surface area contributed by atoms with Crippen LogP contribution in [0.5, 0.6) is 0 Å². The number of nitrogens with one attached hydrogen (secondary N) is 3. The van der Waals surface area contributed by atoms with Gasteiger partial charge in [-0.2, -0.15) is 13.2 Å². The van der Waals surface area contributed by atoms with Gasteiger partial charge in [0.2, 0.25) is 0 Å². The number of anilines is 2. The smallest absolute Gasteiger partial charge is 0.384 e. The number of pyridine rings is 1. The molecule has 0 aliphatic heterocycles. The van der Waals surface area contributed by atoms with Crippen molar-refractivity contribution in [2.24, 2.45) is 0 Å². The molecule has 170 valence electrons. The van der Waals surface area contributed by atoms with Gasteiger partial charge in [-0.15, -0.1) is 0 Å². The number of H-pyrrole nitrogens is 1. The zero-order valence-corrected chi connectivity index (χ0v) is 16.4. The molecule has 1 aliphatic carbocycles. The van der Waals surface area contributed by atoms with Gasteiger partial charge in [-0.05, 0) is 37.5 Å². The number of hydrogen-bond acceptors (Lipinski definition) is 4. The van der Waals surface area contributed by atoms with Crippen molar-refractivity contribution in [2.45, 2.75) is 31.5 Å². The Bertz CT molecular complexity index is 1120. The molecule has 2 heterocycles. The molecule has 2 amide bonds. The number of carbonyl (C=O) groups excluding carboxylic acids is 2. The minimum absolute atomic E-state index is 0.0535. The standard InChI is InChI=1S/C14H13F2N3O2.C6H5F3N2/c15-9-4-8-11(5-10(9)16)17-6-12(8)19-14(21)13(20)18-7-2-1-3-7;7-6(8,9)4-1-2-5(10)11-3-4/h4-7,17H,1-3H2,(H,18,20)(H,19,21);1-3H,(H2,10,11). The highest BCUT2D eigenvalue weighted by Crippen LogP contribution is 2.28. The van der Waals surface area contributed by atoms with Crippen molar-refractivity contribution in [3.63, 3.8) is 0 Å². The largest absolute Gasteiger partial charge is 0.417 e. The number of aromatic nitrogens is 2. The molecule has 0 bridgehead atoms. The topological polar surface area (TPSA) is 113 Å². The molecular weight excluding hydrogens is 437 g/mol. The van der Waals surface area contributed by atoms with Crippen LogP contribution in [-0.4, -0.2) is 27.8 Å². The summed E-state index contributed by atoms with van der Waals surface area (Å²) in [6, 6.07) is 4.03. The van der Waals surface area contributed by atoms with E-state index in [-0.39, 0.29) is 17.5 Å². The van der Waals surface area contributed by atoms with Crippen LogP contribution >= 0.6 is 0 Å². The zero-order chi connectivity index (χ0) is 23.5. The second-order valence-electron chi connectivity index (χ2n) is 7.04. The lowest BCUT2D eigenvalue weighted by Crippen LogP contribution is -2.44. The van der Waals surface area contributed by atoms with Gasteiger partial charge in [-0.3, -0.25) is 9.59 Å². The summed E-state index contributed by atoms with van der Waals surface area (Å²) in [5.74, 6) is -3.47. The molecule has 12 heteroatoms. The summed E-state index contributed by atoms with van der Waals surface area (Å²) in [5, 5.41) is 5.30. The number of amides is 2. The van der Waals surface area contributed by atoms with E-state index in [9.17, 15) is 31.5 Å². The van der Waals surface area contributed by atoms with Gasteiger partial charge in [0, 0.05) is 29.9 Å². The Morgan fingerprint density at radius 2 is 1.78 bits per heavy atom. The van der Waals surface area contributed by atoms with E-state index in [2.05, 4.69) is 20.6 Å². The average Bonchev–Trinajstić information content (AvgIpc) is 3.06. The second-order valence-corrected chi connectivity index (χ2v) is 7.04. The molecule has 0 radical (unpaired) electrons. The van der Waals surface area contributed by atoms with Gasteiger partial charge in [0.05, 0.1) is 16.8 Å². The molecule has 4 rings (SSSR count). The van der Waals surface area contributed by atoms with Crippen LogP contribution in [0.4, 0.5) is 33.5 Å². The maximum atomic E-state index is 13.2. The van der Waals surface area contributed by atoms with Crippen molar-refractivity contribution in [3.05, 3.63) is 53.9 Å². The van der Waals surface area contributed by atoms with E-state index in [1.165, 1.54) is 6.20 Å². The number of nitrogens with zero attached hydrogens (tertiary/aromatic N) is 1. The van der Waals surface area contributed by atoms with Gasteiger partial charge in [0.1, 0.15) is 5.82 Å². The molecule has 7 nitrogen and oxygen atoms in total. The third-order valence-corrected chi connectivity index (χ3v) is 4.73. The van der Waals surface area contributed by atoms with E-state index >= 15 is 0 Å². The second kappa shape index (κ2) is 9.20. The number of halogens is 5. The predicted molar refractivity (Wildman–Crippen MR) is 106 cm³/mol. The number of alkyl halides is 3. The number of nitrogen functional groups attached to an aromatic ring is 1. The Morgan fingerprint density at radius 1 is 1.09 bits per heavy atom. The predicted octanol–water partition coefficient (Wildman–Crippen LogP) is 3.74. The molecule has 1 aliphatic rings. The molecule has 2 aromatic heterocycles. The molecule has 1 fully saturated rings. The highest BCUT2D eigenvalue weighted by Gasteiger charge is 2.30. The Hall–Kier alpha value is -3.70. The van der Waals surface area contributed by atoms with Crippen molar-refractivity contribution < 1.29 is 31.5 Å². The first-order chi connectivity index (χ1) is 15.0. The summed E-state index contributed by atoms with van der Waals surface area (Å²) in [6.45, 7) is 0. The maximum absolute atomic E-state index is 13.2. The van der Waals surface area contributed by atoms with Crippen molar-refractivity contribution >= 4 is 34.2 Å². The molecule has 5 N–H and O–H groups in total. The first kappa shape index (κ1) is 23.0. The monoisotopic (exact) mass is 455 g/mol. The zero-order valence-electron chi connectivity index (χ0n) is 16.4. The Labute approximate surface area is 178 Å². The first-order valence-electron chi connectivity index (χ1n) is 9.41. The number of rotatable bonds is 2. The number of nitrogens with two attached hydrogens (primary N) is 1. The van der Waals surface area contributed by atoms with E-state index in [4.69, 9.17) is 5.73 Å². The van der Waals surface area contributed by atoms with E-state index in [1.54, 1.807) is 0 Å². The van der Waals surface area contributed by atoms with Gasteiger partial charge >= 0.3 is 18.0 Å². The van der Waals surface area contributed by atoms with Crippen LogP contribution in [0.3, 0.4) is 0 Å². The van der Waals surface area contributed by atoms with Crippen molar-refractivity contribution in [1.29, 1.82) is 0 Å². The number of fused-ring (bicyclic) bond motifs is 1. The minimum Gasteiger partial charge on any atom is -0.384 e. The van der Waals surface area contributed by atoms with Gasteiger partial charge in [-0.25, -0.2) is 13.8 Å². The highest BCUT2D eigenvalue weighted by atomic mass is 19.4. The fraction of sp³-hybridized carbons (Fsp3) is 0.250. The number of carbonyl (C=O) groups is 2. The van der Waals surface area contributed by atoms with Crippen LogP contribution in [0.25, 0.3) is 10.9 Å². The molecule has 3 aromatic rings. The van der Waals surface area contributed by atoms with E-state index in [1.807, 2.05) is 0 Å². The lowest BCUT2D eigenvalue weighted by Gasteiger charge is -2.25. The average molecular weight is 455 g/mol. The summed E-state index contributed by atoms with van der Waals surface area (Å²) >= 11 is 0. The maximum Gasteiger partial charge on any atom is 0.417 e. The van der Waals surface area contributed by atoms with Crippen LogP contribution in [0, 0.1) is 11.6 Å². The van der Waals surface area contributed by atoms with E-state index in [0.717, 1.165) is 43.5 Å². The fourth-order valence-electron chi connectivity index (χ4n) is 2.78. The van der Waals surface area contributed by atoms with Crippen LogP contribution in [0.15, 0.2) is 36.7 Å². The van der Waals surface area contributed by atoms with Crippen LogP contribution in [0.2, 0.25) is 0 Å². The number of hydrogen-bond donors (Lipinski definition) is 4. The normalized spacial score (nSPS) is 13.7. The van der Waals surface area contributed by atoms with E-state index in [0.29, 0.717) is 17.1 Å². The van der Waals surface area contributed by atoms with Gasteiger partial charge < -0.3 is 21.4 Å². The fourth-order valence-corrected chi connectivity index (χ4v) is 2.78. The van der Waals surface area contributed by atoms with Crippen LogP contribution in [0.1, 0.15) is 24.8 Å². The first-order valence-corrected chi connectivity index (χ1v) is 9.41. The van der Waals surface area contributed by atoms with Gasteiger partial charge in [0.15, 0.2) is 11.6 Å². The third-order valence-electron chi connectivity index (χ3n) is 4.73. The Kier molecular flexibility index (Phi) is 6.61. The summed E-state index contributed by atoms with van der Waals surface area (Å²) in [7, 11) is 0. The molecule has 0 unspecified atom stereocenters. The van der Waals surface area contributed by atoms with Gasteiger partial charge in [0.25, 0.3) is 0 Å². The molecule has 1 saturated carbocycles. The van der Waals surface area contributed by atoms with Crippen molar-refractivity contribution in [2.75, 3.05) is 11.1 Å². The van der Waals surface area contributed by atoms with Crippen LogP contribution < -0.4 is 16.4 Å². The van der Waals surface area contributed by atoms with Crippen molar-refractivity contribution in [3.8, 4) is 0 Å². The molecular formula is C20H18F5N5O2. The Balaban J connectivity index is 0.000000222. The minimum atomic E-state index is -4.33. The summed E-state index contributed by atoms with van der Waals surface area (Å²) in [4.78, 5) is 29.5. The summed E-state index contributed by atoms with van der Waals surface area (Å²) in [5.41, 5.74) is 4.88. The van der Waals surface area contributed by atoms with Crippen molar-refractivity contribution in [1.82, 2.24) is 15.3 Å². The molecule has 0 spiro atoms. The quantitative estimate of drug-likeness (QED) is 0.348. The van der Waals surface area contributed by atoms with E-state index < -0.39 is 35.2 Å². The lowest BCUT2D eigenvalue weighted by molar-refractivity contribution is -0.137. The SMILES string of the molecule is Nc1ccc(C(F)(F)F)cn1.O=C(Nc1c[nH]c2cc(F)c(F)cc12)C(=O)NC1CCC1. The molecule has 0 saturated heterocycles. The Morgan fingerprint density at radius 3 is 2.34 bits per heavy atom. The molecule has 1 aromatic carbocycles. The summed E-state index contributed by atoms with van der Waals surface area (Å²) < 4.78 is 61.9. The number of aromatic amines is 1. The van der Waals surface area contributed by atoms with Gasteiger partial charge in [-0.1, -0.05) is 0 Å². The van der Waals surface area contributed by atoms with Crippen LogP contribution in [-0.2, 0) is 15.8 Å². The summed E-state index contributed by atoms with van der Waals surface area (Å²) in [6.07, 6.45) is 0.543. The lowest BCUT2D eigenvalue weighted by atomic mass is 9.93.